The van der Waals surface area contributed by atoms with E-state index in [1.165, 1.54) is 6.42 Å². The topological polar surface area (TPSA) is 75.2 Å². The Morgan fingerprint density at radius 1 is 1.25 bits per heavy atom. The highest BCUT2D eigenvalue weighted by atomic mass is 16.5. The van der Waals surface area contributed by atoms with E-state index in [2.05, 4.69) is 22.5 Å². The molecule has 0 saturated carbocycles. The predicted molar refractivity (Wildman–Crippen MR) is 112 cm³/mol. The molecule has 28 heavy (non-hydrogen) atoms. The van der Waals surface area contributed by atoms with E-state index < -0.39 is 0 Å². The summed E-state index contributed by atoms with van der Waals surface area (Å²) in [5.74, 6) is 2.40. The van der Waals surface area contributed by atoms with Crippen LogP contribution in [0.5, 0.6) is 11.5 Å². The Morgan fingerprint density at radius 3 is 2.75 bits per heavy atom. The van der Waals surface area contributed by atoms with Crippen LogP contribution in [-0.4, -0.2) is 56.7 Å². The molecular formula is C21H34N4O3. The van der Waals surface area contributed by atoms with E-state index in [1.807, 2.05) is 30.0 Å². The molecule has 0 aromatic heterocycles. The zero-order valence-electron chi connectivity index (χ0n) is 17.6. The lowest BCUT2D eigenvalue weighted by atomic mass is 10.0. The first-order valence-electron chi connectivity index (χ1n) is 10.1. The van der Waals surface area contributed by atoms with Crippen molar-refractivity contribution in [3.63, 3.8) is 0 Å². The molecule has 156 valence electrons. The van der Waals surface area contributed by atoms with Crippen molar-refractivity contribution >= 4 is 11.9 Å². The van der Waals surface area contributed by atoms with Crippen molar-refractivity contribution in [3.05, 3.63) is 23.8 Å². The van der Waals surface area contributed by atoms with Gasteiger partial charge in [-0.1, -0.05) is 0 Å². The maximum Gasteiger partial charge on any atom is 0.224 e. The van der Waals surface area contributed by atoms with Gasteiger partial charge < -0.3 is 25.0 Å². The van der Waals surface area contributed by atoms with Gasteiger partial charge in [-0.25, -0.2) is 4.99 Å². The third-order valence-electron chi connectivity index (χ3n) is 5.00. The Labute approximate surface area is 168 Å². The van der Waals surface area contributed by atoms with Gasteiger partial charge in [-0.3, -0.25) is 4.79 Å². The number of benzene rings is 1. The predicted octanol–water partition coefficient (Wildman–Crippen LogP) is 2.55. The standard InChI is InChI=1S/C21H34N4O3/c1-5-22-21(23-12-11-20(26)25-13-7-6-8-16(25)2)24-15-17-9-10-18(27-3)14-19(17)28-4/h9-10,14,16H,5-8,11-13,15H2,1-4H3,(H2,22,23,24). The first-order valence-corrected chi connectivity index (χ1v) is 10.1. The van der Waals surface area contributed by atoms with Crippen LogP contribution in [-0.2, 0) is 11.3 Å². The largest absolute Gasteiger partial charge is 0.497 e. The van der Waals surface area contributed by atoms with Gasteiger partial charge in [-0.2, -0.15) is 0 Å². The number of hydrogen-bond donors (Lipinski definition) is 2. The second kappa shape index (κ2) is 11.4. The van der Waals surface area contributed by atoms with Gasteiger partial charge in [0.2, 0.25) is 5.91 Å². The van der Waals surface area contributed by atoms with Crippen molar-refractivity contribution in [2.24, 2.45) is 4.99 Å². The minimum atomic E-state index is 0.215. The van der Waals surface area contributed by atoms with Crippen LogP contribution in [0.4, 0.5) is 0 Å². The van der Waals surface area contributed by atoms with Crippen molar-refractivity contribution in [2.45, 2.75) is 52.1 Å². The average molecular weight is 391 g/mol. The Hall–Kier alpha value is -2.44. The first-order chi connectivity index (χ1) is 13.6. The number of likely N-dealkylation sites (tertiary alicyclic amines) is 1. The number of carbonyl (C=O) groups excluding carboxylic acids is 1. The van der Waals surface area contributed by atoms with E-state index in [4.69, 9.17) is 9.47 Å². The smallest absolute Gasteiger partial charge is 0.224 e. The van der Waals surface area contributed by atoms with E-state index in [0.29, 0.717) is 31.5 Å². The summed E-state index contributed by atoms with van der Waals surface area (Å²) in [7, 11) is 3.27. The summed E-state index contributed by atoms with van der Waals surface area (Å²) in [6, 6.07) is 6.05. The highest BCUT2D eigenvalue weighted by Crippen LogP contribution is 2.25. The zero-order chi connectivity index (χ0) is 20.4. The van der Waals surface area contributed by atoms with Crippen LogP contribution in [0.15, 0.2) is 23.2 Å². The summed E-state index contributed by atoms with van der Waals surface area (Å²) in [6.45, 7) is 6.82. The number of piperidine rings is 1. The number of nitrogens with zero attached hydrogens (tertiary/aromatic N) is 2. The van der Waals surface area contributed by atoms with E-state index in [9.17, 15) is 4.79 Å². The lowest BCUT2D eigenvalue weighted by Gasteiger charge is -2.33. The Kier molecular flexibility index (Phi) is 8.91. The van der Waals surface area contributed by atoms with E-state index in [-0.39, 0.29) is 5.91 Å². The average Bonchev–Trinajstić information content (AvgIpc) is 2.72. The van der Waals surface area contributed by atoms with Gasteiger partial charge in [0.25, 0.3) is 0 Å². The minimum absolute atomic E-state index is 0.215. The lowest BCUT2D eigenvalue weighted by molar-refractivity contribution is -0.134. The van der Waals surface area contributed by atoms with Gasteiger partial charge in [0.15, 0.2) is 5.96 Å². The number of amides is 1. The normalized spacial score (nSPS) is 17.2. The van der Waals surface area contributed by atoms with Gasteiger partial charge in [0.1, 0.15) is 11.5 Å². The molecule has 0 radical (unpaired) electrons. The number of methoxy groups -OCH3 is 2. The molecule has 0 bridgehead atoms. The molecule has 7 nitrogen and oxygen atoms in total. The molecule has 2 rings (SSSR count). The van der Waals surface area contributed by atoms with Crippen molar-refractivity contribution in [1.29, 1.82) is 0 Å². The molecule has 1 saturated heterocycles. The molecule has 1 aliphatic rings. The molecule has 2 N–H and O–H groups in total. The summed E-state index contributed by atoms with van der Waals surface area (Å²) in [5.41, 5.74) is 0.971. The van der Waals surface area contributed by atoms with Gasteiger partial charge in [-0.05, 0) is 45.2 Å². The second-order valence-electron chi connectivity index (χ2n) is 6.98. The number of nitrogens with one attached hydrogen (secondary N) is 2. The molecule has 0 aliphatic carbocycles. The molecule has 0 spiro atoms. The summed E-state index contributed by atoms with van der Waals surface area (Å²) in [5, 5.41) is 6.49. The maximum atomic E-state index is 12.5. The first kappa shape index (κ1) is 21.9. The highest BCUT2D eigenvalue weighted by molar-refractivity contribution is 5.81. The van der Waals surface area contributed by atoms with Crippen molar-refractivity contribution < 1.29 is 14.3 Å². The summed E-state index contributed by atoms with van der Waals surface area (Å²) in [6.07, 6.45) is 3.90. The quantitative estimate of drug-likeness (QED) is 0.527. The number of guanidine groups is 1. The number of hydrogen-bond acceptors (Lipinski definition) is 4. The Morgan fingerprint density at radius 2 is 2.07 bits per heavy atom. The summed E-state index contributed by atoms with van der Waals surface area (Å²) in [4.78, 5) is 19.1. The molecule has 1 fully saturated rings. The molecule has 1 atom stereocenters. The third-order valence-corrected chi connectivity index (χ3v) is 5.00. The summed E-state index contributed by atoms with van der Waals surface area (Å²) >= 11 is 0. The van der Waals surface area contributed by atoms with Crippen LogP contribution in [0.3, 0.4) is 0 Å². The molecule has 1 aliphatic heterocycles. The fourth-order valence-electron chi connectivity index (χ4n) is 3.39. The van der Waals surface area contributed by atoms with Crippen molar-refractivity contribution in [1.82, 2.24) is 15.5 Å². The Balaban J connectivity index is 1.91. The molecule has 1 aromatic rings. The number of aliphatic imine (C=N–C) groups is 1. The molecule has 1 unspecified atom stereocenters. The maximum absolute atomic E-state index is 12.5. The van der Waals surface area contributed by atoms with Crippen LogP contribution in [0, 0.1) is 0 Å². The monoisotopic (exact) mass is 390 g/mol. The van der Waals surface area contributed by atoms with Crippen LogP contribution >= 0.6 is 0 Å². The highest BCUT2D eigenvalue weighted by Gasteiger charge is 2.22. The molecule has 1 heterocycles. The van der Waals surface area contributed by atoms with Crippen molar-refractivity contribution in [2.75, 3.05) is 33.9 Å². The third kappa shape index (κ3) is 6.32. The fourth-order valence-corrected chi connectivity index (χ4v) is 3.39. The summed E-state index contributed by atoms with van der Waals surface area (Å²) < 4.78 is 10.7. The van der Waals surface area contributed by atoms with Crippen LogP contribution in [0.2, 0.25) is 0 Å². The van der Waals surface area contributed by atoms with Gasteiger partial charge in [0, 0.05) is 43.7 Å². The number of ether oxygens (including phenoxy) is 2. The van der Waals surface area contributed by atoms with E-state index in [1.54, 1.807) is 14.2 Å². The molecule has 7 heteroatoms. The van der Waals surface area contributed by atoms with Crippen molar-refractivity contribution in [3.8, 4) is 11.5 Å². The van der Waals surface area contributed by atoms with Gasteiger partial charge in [-0.15, -0.1) is 0 Å². The number of carbonyl (C=O) groups is 1. The number of rotatable bonds is 8. The Bertz CT molecular complexity index is 663. The van der Waals surface area contributed by atoms with E-state index in [0.717, 1.165) is 43.0 Å². The fraction of sp³-hybridized carbons (Fsp3) is 0.619. The van der Waals surface area contributed by atoms with Crippen LogP contribution in [0.1, 0.15) is 45.1 Å². The zero-order valence-corrected chi connectivity index (χ0v) is 17.6. The molecule has 1 amide bonds. The van der Waals surface area contributed by atoms with Gasteiger partial charge in [0.05, 0.1) is 20.8 Å². The van der Waals surface area contributed by atoms with Crippen LogP contribution < -0.4 is 20.1 Å². The minimum Gasteiger partial charge on any atom is -0.497 e. The van der Waals surface area contributed by atoms with E-state index >= 15 is 0 Å². The van der Waals surface area contributed by atoms with Crippen LogP contribution in [0.25, 0.3) is 0 Å². The molecule has 1 aromatic carbocycles. The lowest BCUT2D eigenvalue weighted by Crippen LogP contribution is -2.44. The SMILES string of the molecule is CCNC(=NCc1ccc(OC)cc1OC)NCCC(=O)N1CCCCC1C. The molecular weight excluding hydrogens is 356 g/mol. The van der Waals surface area contributed by atoms with Gasteiger partial charge >= 0.3 is 0 Å². The second-order valence-corrected chi connectivity index (χ2v) is 6.98.